The van der Waals surface area contributed by atoms with E-state index in [0.29, 0.717) is 0 Å². The van der Waals surface area contributed by atoms with Crippen LogP contribution in [-0.2, 0) is 0 Å². The minimum atomic E-state index is -0.134. The minimum absolute atomic E-state index is 0.110. The van der Waals surface area contributed by atoms with Gasteiger partial charge in [-0.2, -0.15) is 0 Å². The van der Waals surface area contributed by atoms with Crippen LogP contribution in [-0.4, -0.2) is 13.1 Å². The molecule has 0 amide bonds. The Hall–Kier alpha value is -1.09. The number of halogens is 1. The molecule has 1 saturated heterocycles. The molecular weight excluding hydrogens is 227 g/mol. The predicted molar refractivity (Wildman–Crippen MR) is 74.3 cm³/mol. The molecule has 18 heavy (non-hydrogen) atoms. The second kappa shape index (κ2) is 6.19. The van der Waals surface area contributed by atoms with Crippen molar-refractivity contribution in [2.75, 3.05) is 18.0 Å². The SMILES string of the molecule is C[C@H](N)c1ccc(N2CCCCCCC2)c(F)c1. The quantitative estimate of drug-likeness (QED) is 0.868. The summed E-state index contributed by atoms with van der Waals surface area (Å²) >= 11 is 0. The van der Waals surface area contributed by atoms with Gasteiger partial charge in [-0.1, -0.05) is 25.3 Å². The average Bonchev–Trinajstić information content (AvgIpc) is 2.29. The number of rotatable bonds is 2. The molecule has 0 aromatic heterocycles. The van der Waals surface area contributed by atoms with Gasteiger partial charge in [0.25, 0.3) is 0 Å². The first-order chi connectivity index (χ1) is 8.68. The third kappa shape index (κ3) is 3.22. The molecule has 2 N–H and O–H groups in total. The summed E-state index contributed by atoms with van der Waals surface area (Å²) in [5.41, 5.74) is 7.38. The van der Waals surface area contributed by atoms with Gasteiger partial charge in [-0.05, 0) is 37.5 Å². The standard InChI is InChI=1S/C15H23FN2/c1-12(17)13-7-8-15(14(16)11-13)18-9-5-3-2-4-6-10-18/h7-8,11-12H,2-6,9-10,17H2,1H3/t12-/m0/s1. The maximum Gasteiger partial charge on any atom is 0.146 e. The Kier molecular flexibility index (Phi) is 4.59. The topological polar surface area (TPSA) is 29.3 Å². The molecule has 1 fully saturated rings. The van der Waals surface area contributed by atoms with Gasteiger partial charge in [-0.3, -0.25) is 0 Å². The van der Waals surface area contributed by atoms with Crippen molar-refractivity contribution in [3.8, 4) is 0 Å². The number of hydrogen-bond donors (Lipinski definition) is 1. The molecule has 0 radical (unpaired) electrons. The van der Waals surface area contributed by atoms with E-state index in [2.05, 4.69) is 4.90 Å². The highest BCUT2D eigenvalue weighted by Gasteiger charge is 2.14. The van der Waals surface area contributed by atoms with Crippen molar-refractivity contribution in [2.45, 2.75) is 45.1 Å². The third-order valence-electron chi connectivity index (χ3n) is 3.69. The summed E-state index contributed by atoms with van der Waals surface area (Å²) in [5, 5.41) is 0. The molecule has 1 aromatic rings. The molecule has 2 rings (SSSR count). The van der Waals surface area contributed by atoms with Crippen molar-refractivity contribution in [3.05, 3.63) is 29.6 Å². The van der Waals surface area contributed by atoms with E-state index >= 15 is 0 Å². The zero-order chi connectivity index (χ0) is 13.0. The van der Waals surface area contributed by atoms with E-state index in [1.807, 2.05) is 19.1 Å². The molecule has 100 valence electrons. The van der Waals surface area contributed by atoms with Gasteiger partial charge in [-0.25, -0.2) is 4.39 Å². The van der Waals surface area contributed by atoms with Crippen LogP contribution < -0.4 is 10.6 Å². The first-order valence-electron chi connectivity index (χ1n) is 6.98. The van der Waals surface area contributed by atoms with Crippen LogP contribution in [0.5, 0.6) is 0 Å². The molecular formula is C15H23FN2. The van der Waals surface area contributed by atoms with Crippen LogP contribution in [0.4, 0.5) is 10.1 Å². The van der Waals surface area contributed by atoms with E-state index in [1.54, 1.807) is 6.07 Å². The van der Waals surface area contributed by atoms with Gasteiger partial charge in [0.05, 0.1) is 5.69 Å². The van der Waals surface area contributed by atoms with E-state index in [4.69, 9.17) is 5.73 Å². The fourth-order valence-corrected chi connectivity index (χ4v) is 2.55. The van der Waals surface area contributed by atoms with Crippen molar-refractivity contribution in [1.82, 2.24) is 0 Å². The van der Waals surface area contributed by atoms with Gasteiger partial charge in [0.15, 0.2) is 0 Å². The van der Waals surface area contributed by atoms with Gasteiger partial charge in [0.2, 0.25) is 0 Å². The summed E-state index contributed by atoms with van der Waals surface area (Å²) in [6.07, 6.45) is 6.16. The second-order valence-electron chi connectivity index (χ2n) is 5.25. The molecule has 3 heteroatoms. The number of nitrogens with two attached hydrogens (primary N) is 1. The van der Waals surface area contributed by atoms with Crippen LogP contribution in [0.25, 0.3) is 0 Å². The predicted octanol–water partition coefficient (Wildman–Crippen LogP) is 3.62. The molecule has 0 bridgehead atoms. The maximum atomic E-state index is 14.1. The lowest BCUT2D eigenvalue weighted by molar-refractivity contribution is 0.544. The minimum Gasteiger partial charge on any atom is -0.369 e. The average molecular weight is 250 g/mol. The first kappa shape index (κ1) is 13.3. The molecule has 0 unspecified atom stereocenters. The lowest BCUT2D eigenvalue weighted by atomic mass is 10.1. The fraction of sp³-hybridized carbons (Fsp3) is 0.600. The Morgan fingerprint density at radius 1 is 1.11 bits per heavy atom. The number of benzene rings is 1. The van der Waals surface area contributed by atoms with Gasteiger partial charge < -0.3 is 10.6 Å². The van der Waals surface area contributed by atoms with Crippen LogP contribution in [0.2, 0.25) is 0 Å². The zero-order valence-corrected chi connectivity index (χ0v) is 11.2. The highest BCUT2D eigenvalue weighted by molar-refractivity contribution is 5.49. The van der Waals surface area contributed by atoms with Crippen molar-refractivity contribution in [2.24, 2.45) is 5.73 Å². The molecule has 0 spiro atoms. The molecule has 0 aliphatic carbocycles. The number of anilines is 1. The van der Waals surface area contributed by atoms with Gasteiger partial charge in [0.1, 0.15) is 5.82 Å². The highest BCUT2D eigenvalue weighted by atomic mass is 19.1. The lowest BCUT2D eigenvalue weighted by Crippen LogP contribution is -2.28. The van der Waals surface area contributed by atoms with E-state index in [-0.39, 0.29) is 11.9 Å². The monoisotopic (exact) mass is 250 g/mol. The number of hydrogen-bond acceptors (Lipinski definition) is 2. The highest BCUT2D eigenvalue weighted by Crippen LogP contribution is 2.25. The van der Waals surface area contributed by atoms with Crippen LogP contribution in [0.15, 0.2) is 18.2 Å². The Morgan fingerprint density at radius 3 is 2.28 bits per heavy atom. The molecule has 2 nitrogen and oxygen atoms in total. The zero-order valence-electron chi connectivity index (χ0n) is 11.2. The molecule has 0 saturated carbocycles. The van der Waals surface area contributed by atoms with Crippen molar-refractivity contribution in [3.63, 3.8) is 0 Å². The summed E-state index contributed by atoms with van der Waals surface area (Å²) in [4.78, 5) is 2.18. The van der Waals surface area contributed by atoms with E-state index in [1.165, 1.54) is 19.3 Å². The van der Waals surface area contributed by atoms with Crippen LogP contribution in [0.1, 0.15) is 50.6 Å². The Bertz CT molecular complexity index is 382. The molecule has 1 atom stereocenters. The summed E-state index contributed by atoms with van der Waals surface area (Å²) in [6, 6.07) is 5.30. The second-order valence-corrected chi connectivity index (χ2v) is 5.25. The summed E-state index contributed by atoms with van der Waals surface area (Å²) in [5.74, 6) is -0.134. The molecule has 1 aliphatic rings. The van der Waals surface area contributed by atoms with Crippen LogP contribution in [0.3, 0.4) is 0 Å². The Labute approximate surface area is 109 Å². The normalized spacial score (nSPS) is 19.2. The summed E-state index contributed by atoms with van der Waals surface area (Å²) < 4.78 is 14.1. The van der Waals surface area contributed by atoms with Gasteiger partial charge in [-0.15, -0.1) is 0 Å². The molecule has 1 aliphatic heterocycles. The van der Waals surface area contributed by atoms with Crippen molar-refractivity contribution >= 4 is 5.69 Å². The summed E-state index contributed by atoms with van der Waals surface area (Å²) in [7, 11) is 0. The lowest BCUT2D eigenvalue weighted by Gasteiger charge is -2.27. The van der Waals surface area contributed by atoms with Crippen LogP contribution in [0, 0.1) is 5.82 Å². The van der Waals surface area contributed by atoms with Crippen LogP contribution >= 0.6 is 0 Å². The van der Waals surface area contributed by atoms with Gasteiger partial charge >= 0.3 is 0 Å². The third-order valence-corrected chi connectivity index (χ3v) is 3.69. The largest absolute Gasteiger partial charge is 0.369 e. The number of nitrogens with zero attached hydrogens (tertiary/aromatic N) is 1. The van der Waals surface area contributed by atoms with E-state index in [0.717, 1.165) is 37.2 Å². The van der Waals surface area contributed by atoms with E-state index in [9.17, 15) is 4.39 Å². The Morgan fingerprint density at radius 2 is 1.72 bits per heavy atom. The van der Waals surface area contributed by atoms with Crippen molar-refractivity contribution < 1.29 is 4.39 Å². The Balaban J connectivity index is 2.15. The summed E-state index contributed by atoms with van der Waals surface area (Å²) in [6.45, 7) is 3.81. The maximum absolute atomic E-state index is 14.1. The molecule has 1 heterocycles. The van der Waals surface area contributed by atoms with E-state index < -0.39 is 0 Å². The fourth-order valence-electron chi connectivity index (χ4n) is 2.55. The van der Waals surface area contributed by atoms with Gasteiger partial charge in [0, 0.05) is 19.1 Å². The van der Waals surface area contributed by atoms with Crippen molar-refractivity contribution in [1.29, 1.82) is 0 Å². The smallest absolute Gasteiger partial charge is 0.146 e. The first-order valence-corrected chi connectivity index (χ1v) is 6.98. The molecule has 1 aromatic carbocycles.